The molecule has 3 rings (SSSR count). The topological polar surface area (TPSA) is 97.3 Å². The van der Waals surface area contributed by atoms with Crippen LogP contribution in [0.25, 0.3) is 0 Å². The monoisotopic (exact) mass is 515 g/mol. The van der Waals surface area contributed by atoms with Crippen molar-refractivity contribution in [3.05, 3.63) is 81.9 Å². The number of aromatic nitrogens is 3. The molecule has 1 amide bonds. The van der Waals surface area contributed by atoms with E-state index in [1.165, 1.54) is 28.3 Å². The third kappa shape index (κ3) is 5.52. The Hall–Kier alpha value is -2.66. The summed E-state index contributed by atoms with van der Waals surface area (Å²) in [6.45, 7) is 1.53. The third-order valence-corrected chi connectivity index (χ3v) is 6.06. The highest BCUT2D eigenvalue weighted by molar-refractivity contribution is 6.35. The standard InChI is InChI=1S/C22H22Cl2F3N5O2/c1-14(32(9-8-28)20(33)15-2-4-16(5-3-15)22(25,26)27)21(34,11-31-13-29-12-30-31)18-7-6-17(23)10-19(18)24/h2-7,10,12-14,34H,8-9,11,28H2,1H3. The molecule has 1 heterocycles. The van der Waals surface area contributed by atoms with Crippen molar-refractivity contribution in [2.45, 2.75) is 31.3 Å². The van der Waals surface area contributed by atoms with Crippen molar-refractivity contribution in [1.29, 1.82) is 0 Å². The van der Waals surface area contributed by atoms with Crippen LogP contribution >= 0.6 is 23.2 Å². The number of alkyl halides is 3. The fraction of sp³-hybridized carbons (Fsp3) is 0.318. The van der Waals surface area contributed by atoms with Crippen LogP contribution in [-0.4, -0.2) is 49.8 Å². The number of halogens is 5. The summed E-state index contributed by atoms with van der Waals surface area (Å²) in [4.78, 5) is 18.5. The molecular weight excluding hydrogens is 494 g/mol. The molecule has 12 heteroatoms. The van der Waals surface area contributed by atoms with Gasteiger partial charge in [0.25, 0.3) is 5.91 Å². The average molecular weight is 516 g/mol. The molecule has 1 aromatic heterocycles. The number of hydrogen-bond acceptors (Lipinski definition) is 5. The van der Waals surface area contributed by atoms with E-state index in [1.54, 1.807) is 19.1 Å². The number of aliphatic hydroxyl groups is 1. The molecule has 0 radical (unpaired) electrons. The van der Waals surface area contributed by atoms with Gasteiger partial charge in [0, 0.05) is 34.3 Å². The van der Waals surface area contributed by atoms with Crippen molar-refractivity contribution < 1.29 is 23.1 Å². The number of hydrogen-bond donors (Lipinski definition) is 2. The van der Waals surface area contributed by atoms with Crippen molar-refractivity contribution in [3.63, 3.8) is 0 Å². The first-order valence-electron chi connectivity index (χ1n) is 10.2. The molecule has 0 fully saturated rings. The Bertz CT molecular complexity index is 1130. The van der Waals surface area contributed by atoms with Gasteiger partial charge in [0.2, 0.25) is 0 Å². The maximum absolute atomic E-state index is 13.3. The summed E-state index contributed by atoms with van der Waals surface area (Å²) >= 11 is 12.4. The van der Waals surface area contributed by atoms with Gasteiger partial charge in [-0.25, -0.2) is 9.67 Å². The Morgan fingerprint density at radius 2 is 1.88 bits per heavy atom. The lowest BCUT2D eigenvalue weighted by molar-refractivity contribution is -0.137. The van der Waals surface area contributed by atoms with Crippen LogP contribution in [0, 0.1) is 0 Å². The largest absolute Gasteiger partial charge is 0.416 e. The third-order valence-electron chi connectivity index (χ3n) is 5.52. The van der Waals surface area contributed by atoms with Gasteiger partial charge in [0.15, 0.2) is 0 Å². The summed E-state index contributed by atoms with van der Waals surface area (Å²) in [6, 6.07) is 7.46. The summed E-state index contributed by atoms with van der Waals surface area (Å²) in [7, 11) is 0. The first kappa shape index (κ1) is 26.0. The molecule has 0 aliphatic carbocycles. The number of amides is 1. The molecule has 0 bridgehead atoms. The molecule has 2 atom stereocenters. The molecule has 0 saturated heterocycles. The van der Waals surface area contributed by atoms with Crippen LogP contribution in [0.15, 0.2) is 55.1 Å². The van der Waals surface area contributed by atoms with Crippen molar-refractivity contribution in [2.75, 3.05) is 13.1 Å². The Morgan fingerprint density at radius 1 is 1.21 bits per heavy atom. The maximum Gasteiger partial charge on any atom is 0.416 e. The van der Waals surface area contributed by atoms with Crippen molar-refractivity contribution in [2.24, 2.45) is 5.73 Å². The number of carbonyl (C=O) groups is 1. The predicted octanol–water partition coefficient (Wildman–Crippen LogP) is 3.98. The van der Waals surface area contributed by atoms with Gasteiger partial charge < -0.3 is 15.7 Å². The highest BCUT2D eigenvalue weighted by atomic mass is 35.5. The molecule has 7 nitrogen and oxygen atoms in total. The minimum atomic E-state index is -4.53. The summed E-state index contributed by atoms with van der Waals surface area (Å²) in [5.41, 5.74) is 3.37. The minimum Gasteiger partial charge on any atom is -0.381 e. The van der Waals surface area contributed by atoms with E-state index in [0.29, 0.717) is 5.02 Å². The van der Waals surface area contributed by atoms with Gasteiger partial charge in [-0.2, -0.15) is 18.3 Å². The van der Waals surface area contributed by atoms with E-state index in [1.807, 2.05) is 0 Å². The fourth-order valence-corrected chi connectivity index (χ4v) is 4.25. The van der Waals surface area contributed by atoms with E-state index in [-0.39, 0.29) is 35.8 Å². The lowest BCUT2D eigenvalue weighted by Crippen LogP contribution is -2.54. The normalized spacial score (nSPS) is 14.5. The quantitative estimate of drug-likeness (QED) is 0.472. The van der Waals surface area contributed by atoms with E-state index < -0.39 is 29.3 Å². The molecule has 3 N–H and O–H groups in total. The molecule has 2 aromatic carbocycles. The van der Waals surface area contributed by atoms with Crippen LogP contribution in [-0.2, 0) is 18.3 Å². The number of carbonyl (C=O) groups excluding carboxylic acids is 1. The zero-order valence-electron chi connectivity index (χ0n) is 18.0. The summed E-state index contributed by atoms with van der Waals surface area (Å²) in [5, 5.41) is 16.5. The second-order valence-electron chi connectivity index (χ2n) is 7.68. The molecule has 0 aliphatic rings. The lowest BCUT2D eigenvalue weighted by atomic mass is 9.85. The first-order valence-corrected chi connectivity index (χ1v) is 10.9. The second kappa shape index (κ2) is 10.3. The van der Waals surface area contributed by atoms with Crippen LogP contribution in [0.5, 0.6) is 0 Å². The van der Waals surface area contributed by atoms with Crippen LogP contribution in [0.1, 0.15) is 28.4 Å². The molecule has 0 aliphatic heterocycles. The van der Waals surface area contributed by atoms with Crippen molar-refractivity contribution in [3.8, 4) is 0 Å². The van der Waals surface area contributed by atoms with Crippen LogP contribution in [0.3, 0.4) is 0 Å². The average Bonchev–Trinajstić information content (AvgIpc) is 3.28. The summed E-state index contributed by atoms with van der Waals surface area (Å²) in [6.07, 6.45) is -1.85. The number of nitrogens with two attached hydrogens (primary N) is 1. The lowest BCUT2D eigenvalue weighted by Gasteiger charge is -2.41. The van der Waals surface area contributed by atoms with Gasteiger partial charge in [0.05, 0.1) is 18.2 Å². The van der Waals surface area contributed by atoms with Gasteiger partial charge in [0.1, 0.15) is 18.3 Å². The van der Waals surface area contributed by atoms with Gasteiger partial charge >= 0.3 is 6.18 Å². The van der Waals surface area contributed by atoms with E-state index in [0.717, 1.165) is 24.3 Å². The Balaban J connectivity index is 2.03. The molecule has 182 valence electrons. The minimum absolute atomic E-state index is 0.0126. The van der Waals surface area contributed by atoms with E-state index in [2.05, 4.69) is 10.1 Å². The van der Waals surface area contributed by atoms with Gasteiger partial charge in [-0.3, -0.25) is 4.79 Å². The molecule has 3 aromatic rings. The molecule has 2 unspecified atom stereocenters. The van der Waals surface area contributed by atoms with E-state index >= 15 is 0 Å². The van der Waals surface area contributed by atoms with Gasteiger partial charge in [-0.15, -0.1) is 0 Å². The zero-order valence-corrected chi connectivity index (χ0v) is 19.5. The van der Waals surface area contributed by atoms with Crippen molar-refractivity contribution in [1.82, 2.24) is 19.7 Å². The number of benzene rings is 2. The van der Waals surface area contributed by atoms with Gasteiger partial charge in [-0.1, -0.05) is 29.3 Å². The molecular formula is C22H22Cl2F3N5O2. The second-order valence-corrected chi connectivity index (χ2v) is 8.52. The predicted molar refractivity (Wildman–Crippen MR) is 121 cm³/mol. The number of nitrogens with zero attached hydrogens (tertiary/aromatic N) is 4. The Morgan fingerprint density at radius 3 is 2.41 bits per heavy atom. The van der Waals surface area contributed by atoms with Crippen molar-refractivity contribution >= 4 is 29.1 Å². The zero-order chi connectivity index (χ0) is 25.1. The molecule has 0 spiro atoms. The SMILES string of the molecule is CC(N(CCN)C(=O)c1ccc(C(F)(F)F)cc1)C(O)(Cn1cncn1)c1ccc(Cl)cc1Cl. The Labute approximate surface area is 203 Å². The summed E-state index contributed by atoms with van der Waals surface area (Å²) in [5.74, 6) is -0.603. The van der Waals surface area contributed by atoms with E-state index in [4.69, 9.17) is 28.9 Å². The highest BCUT2D eigenvalue weighted by Gasteiger charge is 2.43. The first-order chi connectivity index (χ1) is 16.0. The maximum atomic E-state index is 13.3. The molecule has 0 saturated carbocycles. The van der Waals surface area contributed by atoms with Crippen LogP contribution < -0.4 is 5.73 Å². The van der Waals surface area contributed by atoms with E-state index in [9.17, 15) is 23.1 Å². The highest BCUT2D eigenvalue weighted by Crippen LogP contribution is 2.37. The summed E-state index contributed by atoms with van der Waals surface area (Å²) < 4.78 is 40.2. The molecule has 34 heavy (non-hydrogen) atoms. The van der Waals surface area contributed by atoms with Crippen LogP contribution in [0.4, 0.5) is 13.2 Å². The van der Waals surface area contributed by atoms with Crippen LogP contribution in [0.2, 0.25) is 10.0 Å². The Kier molecular flexibility index (Phi) is 7.87. The van der Waals surface area contributed by atoms with Gasteiger partial charge in [-0.05, 0) is 43.3 Å². The number of rotatable bonds is 8. The smallest absolute Gasteiger partial charge is 0.381 e. The fourth-order valence-electron chi connectivity index (χ4n) is 3.68.